The molecule has 0 amide bonds. The number of nitrogens with one attached hydrogen (secondary N) is 1. The molecule has 1 N–H and O–H groups in total. The molecule has 0 unspecified atom stereocenters. The summed E-state index contributed by atoms with van der Waals surface area (Å²) in [6, 6.07) is 5.96. The molecule has 2 heterocycles. The highest BCUT2D eigenvalue weighted by Crippen LogP contribution is 2.31. The molecule has 10 heteroatoms. The van der Waals surface area contributed by atoms with Crippen LogP contribution in [0.1, 0.15) is 0 Å². The van der Waals surface area contributed by atoms with Crippen molar-refractivity contribution in [2.75, 3.05) is 18.9 Å². The Morgan fingerprint density at radius 2 is 1.92 bits per heavy atom. The van der Waals surface area contributed by atoms with Crippen LogP contribution in [-0.4, -0.2) is 37.2 Å². The Hall–Kier alpha value is -2.33. The van der Waals surface area contributed by atoms with Crippen LogP contribution < -0.4 is 14.2 Å². The Morgan fingerprint density at radius 1 is 1.17 bits per heavy atom. The number of rotatable bonds is 5. The molecule has 3 rings (SSSR count). The van der Waals surface area contributed by atoms with Gasteiger partial charge in [0.05, 0.1) is 24.8 Å². The molecule has 126 valence electrons. The van der Waals surface area contributed by atoms with Gasteiger partial charge in [0.15, 0.2) is 17.1 Å². The van der Waals surface area contributed by atoms with Gasteiger partial charge in [-0.05, 0) is 34.1 Å². The minimum atomic E-state index is -3.84. The molecule has 8 nitrogen and oxygen atoms in total. The predicted molar refractivity (Wildman–Crippen MR) is 91.0 cm³/mol. The molecule has 0 aliphatic heterocycles. The average molecular weight is 413 g/mol. The Balaban J connectivity index is 2.03. The molecular formula is C14H13BrN4O4S. The zero-order valence-corrected chi connectivity index (χ0v) is 15.1. The van der Waals surface area contributed by atoms with Gasteiger partial charge < -0.3 is 9.47 Å². The number of ether oxygens (including phenoxy) is 2. The van der Waals surface area contributed by atoms with Gasteiger partial charge in [0.2, 0.25) is 0 Å². The second-order valence-corrected chi connectivity index (χ2v) is 7.35. The standard InChI is InChI=1S/C14H13BrN4O4S/c1-22-12-4-3-10(6-13(12)23-2)24(20,21)18-11-5-9(15)7-19-8-16-17-14(11)19/h3-8,18H,1-2H3. The highest BCUT2D eigenvalue weighted by atomic mass is 79.9. The Labute approximate surface area is 146 Å². The average Bonchev–Trinajstić information content (AvgIpc) is 3.02. The van der Waals surface area contributed by atoms with Crippen molar-refractivity contribution in [3.63, 3.8) is 0 Å². The number of fused-ring (bicyclic) bond motifs is 1. The lowest BCUT2D eigenvalue weighted by molar-refractivity contribution is 0.354. The van der Waals surface area contributed by atoms with E-state index in [0.29, 0.717) is 27.3 Å². The van der Waals surface area contributed by atoms with Crippen molar-refractivity contribution in [1.29, 1.82) is 0 Å². The number of hydrogen-bond donors (Lipinski definition) is 1. The third kappa shape index (κ3) is 3.02. The van der Waals surface area contributed by atoms with Gasteiger partial charge in [-0.1, -0.05) is 0 Å². The molecule has 0 aliphatic rings. The minimum Gasteiger partial charge on any atom is -0.493 e. The van der Waals surface area contributed by atoms with E-state index in [0.717, 1.165) is 0 Å². The molecule has 2 aromatic heterocycles. The third-order valence-corrected chi connectivity index (χ3v) is 5.07. The first-order valence-corrected chi connectivity index (χ1v) is 8.96. The zero-order chi connectivity index (χ0) is 17.3. The predicted octanol–water partition coefficient (Wildman–Crippen LogP) is 2.31. The van der Waals surface area contributed by atoms with Gasteiger partial charge in [-0.2, -0.15) is 0 Å². The van der Waals surface area contributed by atoms with E-state index in [1.165, 1.54) is 38.7 Å². The summed E-state index contributed by atoms with van der Waals surface area (Å²) in [6.45, 7) is 0. The van der Waals surface area contributed by atoms with E-state index in [1.807, 2.05) is 0 Å². The lowest BCUT2D eigenvalue weighted by Crippen LogP contribution is -2.14. The zero-order valence-electron chi connectivity index (χ0n) is 12.7. The number of methoxy groups -OCH3 is 2. The van der Waals surface area contributed by atoms with E-state index in [1.54, 1.807) is 16.7 Å². The highest BCUT2D eigenvalue weighted by molar-refractivity contribution is 9.10. The maximum atomic E-state index is 12.7. The molecule has 24 heavy (non-hydrogen) atoms. The molecule has 1 aromatic carbocycles. The van der Waals surface area contributed by atoms with E-state index in [-0.39, 0.29) is 4.90 Å². The minimum absolute atomic E-state index is 0.0396. The first-order chi connectivity index (χ1) is 11.4. The topological polar surface area (TPSA) is 94.8 Å². The van der Waals surface area contributed by atoms with Gasteiger partial charge in [-0.3, -0.25) is 9.12 Å². The van der Waals surface area contributed by atoms with Crippen molar-refractivity contribution in [1.82, 2.24) is 14.6 Å². The molecule has 0 atom stereocenters. The van der Waals surface area contributed by atoms with E-state index in [4.69, 9.17) is 9.47 Å². The van der Waals surface area contributed by atoms with Gasteiger partial charge in [0.1, 0.15) is 6.33 Å². The van der Waals surface area contributed by atoms with E-state index in [2.05, 4.69) is 30.8 Å². The number of sulfonamides is 1. The smallest absolute Gasteiger partial charge is 0.262 e. The molecule has 0 saturated heterocycles. The molecule has 0 bridgehead atoms. The fraction of sp³-hybridized carbons (Fsp3) is 0.143. The summed E-state index contributed by atoms with van der Waals surface area (Å²) in [6.07, 6.45) is 3.21. The van der Waals surface area contributed by atoms with Crippen molar-refractivity contribution in [3.8, 4) is 11.5 Å². The van der Waals surface area contributed by atoms with Crippen LogP contribution in [-0.2, 0) is 10.0 Å². The van der Waals surface area contributed by atoms with Crippen LogP contribution in [0.3, 0.4) is 0 Å². The fourth-order valence-electron chi connectivity index (χ4n) is 2.16. The number of aromatic nitrogens is 3. The Morgan fingerprint density at radius 3 is 2.62 bits per heavy atom. The number of nitrogens with zero attached hydrogens (tertiary/aromatic N) is 3. The van der Waals surface area contributed by atoms with E-state index < -0.39 is 10.0 Å². The molecule has 0 aliphatic carbocycles. The van der Waals surface area contributed by atoms with Crippen molar-refractivity contribution >= 4 is 37.3 Å². The van der Waals surface area contributed by atoms with Crippen molar-refractivity contribution in [2.24, 2.45) is 0 Å². The maximum absolute atomic E-state index is 12.7. The lowest BCUT2D eigenvalue weighted by atomic mass is 10.3. The lowest BCUT2D eigenvalue weighted by Gasteiger charge is -2.12. The van der Waals surface area contributed by atoms with Crippen LogP contribution in [0.25, 0.3) is 5.65 Å². The van der Waals surface area contributed by atoms with E-state index >= 15 is 0 Å². The van der Waals surface area contributed by atoms with Crippen LogP contribution in [0, 0.1) is 0 Å². The number of benzene rings is 1. The number of pyridine rings is 1. The number of halogens is 1. The monoisotopic (exact) mass is 412 g/mol. The second kappa shape index (κ2) is 6.29. The maximum Gasteiger partial charge on any atom is 0.262 e. The molecule has 0 radical (unpaired) electrons. The summed E-state index contributed by atoms with van der Waals surface area (Å²) < 4.78 is 40.4. The van der Waals surface area contributed by atoms with Crippen molar-refractivity contribution < 1.29 is 17.9 Å². The Kier molecular flexibility index (Phi) is 4.33. The molecule has 0 saturated carbocycles. The summed E-state index contributed by atoms with van der Waals surface area (Å²) >= 11 is 3.33. The first kappa shape index (κ1) is 16.5. The highest BCUT2D eigenvalue weighted by Gasteiger charge is 2.19. The van der Waals surface area contributed by atoms with Gasteiger partial charge in [-0.15, -0.1) is 10.2 Å². The van der Waals surface area contributed by atoms with Crippen LogP contribution in [0.15, 0.2) is 46.2 Å². The SMILES string of the molecule is COc1ccc(S(=O)(=O)Nc2cc(Br)cn3cnnc23)cc1OC. The quantitative estimate of drug-likeness (QED) is 0.690. The summed E-state index contributed by atoms with van der Waals surface area (Å²) in [5.41, 5.74) is 0.693. The normalized spacial score (nSPS) is 11.5. The van der Waals surface area contributed by atoms with Gasteiger partial charge in [0, 0.05) is 16.7 Å². The van der Waals surface area contributed by atoms with Gasteiger partial charge in [-0.25, -0.2) is 8.42 Å². The molecule has 0 spiro atoms. The van der Waals surface area contributed by atoms with Crippen LogP contribution >= 0.6 is 15.9 Å². The number of hydrogen-bond acceptors (Lipinski definition) is 6. The van der Waals surface area contributed by atoms with E-state index in [9.17, 15) is 8.42 Å². The second-order valence-electron chi connectivity index (χ2n) is 4.76. The van der Waals surface area contributed by atoms with Crippen LogP contribution in [0.5, 0.6) is 11.5 Å². The Bertz CT molecular complexity index is 1000. The summed E-state index contributed by atoms with van der Waals surface area (Å²) in [4.78, 5) is 0.0396. The number of anilines is 1. The molecule has 0 fully saturated rings. The van der Waals surface area contributed by atoms with Gasteiger partial charge >= 0.3 is 0 Å². The van der Waals surface area contributed by atoms with Crippen molar-refractivity contribution in [3.05, 3.63) is 41.3 Å². The first-order valence-electron chi connectivity index (χ1n) is 6.68. The third-order valence-electron chi connectivity index (χ3n) is 3.27. The summed E-state index contributed by atoms with van der Waals surface area (Å²) in [7, 11) is -0.924. The van der Waals surface area contributed by atoms with Gasteiger partial charge in [0.25, 0.3) is 10.0 Å². The van der Waals surface area contributed by atoms with Crippen molar-refractivity contribution in [2.45, 2.75) is 4.90 Å². The van der Waals surface area contributed by atoms with Crippen LogP contribution in [0.2, 0.25) is 0 Å². The molecular weight excluding hydrogens is 400 g/mol. The summed E-state index contributed by atoms with van der Waals surface area (Å²) in [5, 5.41) is 7.70. The molecule has 3 aromatic rings. The summed E-state index contributed by atoms with van der Waals surface area (Å²) in [5.74, 6) is 0.765. The largest absolute Gasteiger partial charge is 0.493 e. The van der Waals surface area contributed by atoms with Crippen LogP contribution in [0.4, 0.5) is 5.69 Å². The fourth-order valence-corrected chi connectivity index (χ4v) is 3.68.